The minimum absolute atomic E-state index is 0.0128. The van der Waals surface area contributed by atoms with Gasteiger partial charge in [0.1, 0.15) is 5.82 Å². The van der Waals surface area contributed by atoms with Crippen LogP contribution in [-0.4, -0.2) is 23.0 Å². The summed E-state index contributed by atoms with van der Waals surface area (Å²) >= 11 is 0. The van der Waals surface area contributed by atoms with Gasteiger partial charge in [-0.2, -0.15) is 0 Å². The molecule has 0 aliphatic heterocycles. The van der Waals surface area contributed by atoms with Crippen LogP contribution in [-0.2, 0) is 4.79 Å². The molecule has 1 aromatic carbocycles. The van der Waals surface area contributed by atoms with Gasteiger partial charge in [0.25, 0.3) is 5.91 Å². The van der Waals surface area contributed by atoms with Gasteiger partial charge in [-0.25, -0.2) is 4.39 Å². The number of benzene rings is 1. The van der Waals surface area contributed by atoms with Crippen LogP contribution >= 0.6 is 0 Å². The zero-order chi connectivity index (χ0) is 14.0. The summed E-state index contributed by atoms with van der Waals surface area (Å²) in [5.41, 5.74) is 0.820. The quantitative estimate of drug-likeness (QED) is 0.879. The molecular formula is C14H16FNO3. The number of carbonyl (C=O) groups excluding carboxylic acids is 1. The molecule has 0 aromatic heterocycles. The average Bonchev–Trinajstić information content (AvgIpc) is 2.80. The molecule has 4 nitrogen and oxygen atoms in total. The number of rotatable bonds is 3. The SMILES string of the molecule is Cc1ccc(F)c(C(=O)N[C@@H]2CC[C@H](C(=O)O)C2)c1. The second-order valence-corrected chi connectivity index (χ2v) is 5.00. The van der Waals surface area contributed by atoms with Gasteiger partial charge in [0.2, 0.25) is 0 Å². The standard InChI is InChI=1S/C14H16FNO3/c1-8-2-5-12(15)11(6-8)13(17)16-10-4-3-9(7-10)14(18)19/h2,5-6,9-10H,3-4,7H2,1H3,(H,16,17)(H,18,19)/t9-,10+/m0/s1. The molecule has 19 heavy (non-hydrogen) atoms. The normalized spacial score (nSPS) is 22.2. The van der Waals surface area contributed by atoms with Crippen molar-refractivity contribution < 1.29 is 19.1 Å². The van der Waals surface area contributed by atoms with E-state index in [1.165, 1.54) is 12.1 Å². The lowest BCUT2D eigenvalue weighted by molar-refractivity contribution is -0.141. The number of hydrogen-bond donors (Lipinski definition) is 2. The van der Waals surface area contributed by atoms with Crippen LogP contribution in [0.1, 0.15) is 35.2 Å². The molecule has 102 valence electrons. The molecule has 2 N–H and O–H groups in total. The Balaban J connectivity index is 2.02. The largest absolute Gasteiger partial charge is 0.481 e. The van der Waals surface area contributed by atoms with Crippen LogP contribution < -0.4 is 5.32 Å². The lowest BCUT2D eigenvalue weighted by atomic mass is 10.1. The minimum Gasteiger partial charge on any atom is -0.481 e. The predicted molar refractivity (Wildman–Crippen MR) is 67.4 cm³/mol. The van der Waals surface area contributed by atoms with Gasteiger partial charge in [-0.15, -0.1) is 0 Å². The molecule has 0 bridgehead atoms. The first-order valence-corrected chi connectivity index (χ1v) is 6.27. The van der Waals surface area contributed by atoms with E-state index in [4.69, 9.17) is 5.11 Å². The lowest BCUT2D eigenvalue weighted by Crippen LogP contribution is -2.33. The van der Waals surface area contributed by atoms with Crippen LogP contribution in [0.25, 0.3) is 0 Å². The summed E-state index contributed by atoms with van der Waals surface area (Å²) in [4.78, 5) is 22.8. The van der Waals surface area contributed by atoms with Crippen LogP contribution in [0.2, 0.25) is 0 Å². The fourth-order valence-corrected chi connectivity index (χ4v) is 2.41. The van der Waals surface area contributed by atoms with E-state index in [-0.39, 0.29) is 11.6 Å². The average molecular weight is 265 g/mol. The van der Waals surface area contributed by atoms with E-state index in [1.807, 2.05) is 0 Å². The molecular weight excluding hydrogens is 249 g/mol. The monoisotopic (exact) mass is 265 g/mol. The van der Waals surface area contributed by atoms with Gasteiger partial charge in [-0.05, 0) is 38.3 Å². The van der Waals surface area contributed by atoms with Gasteiger partial charge < -0.3 is 10.4 Å². The summed E-state index contributed by atoms with van der Waals surface area (Å²) in [6.45, 7) is 1.78. The van der Waals surface area contributed by atoms with E-state index < -0.39 is 23.6 Å². The number of aryl methyl sites for hydroxylation is 1. The van der Waals surface area contributed by atoms with Crippen LogP contribution in [0.4, 0.5) is 4.39 Å². The third-order valence-electron chi connectivity index (χ3n) is 3.48. The highest BCUT2D eigenvalue weighted by atomic mass is 19.1. The molecule has 0 spiro atoms. The molecule has 1 aliphatic rings. The number of amides is 1. The van der Waals surface area contributed by atoms with E-state index in [9.17, 15) is 14.0 Å². The van der Waals surface area contributed by atoms with Crippen LogP contribution in [0.5, 0.6) is 0 Å². The smallest absolute Gasteiger partial charge is 0.306 e. The Kier molecular flexibility index (Phi) is 3.83. The molecule has 0 radical (unpaired) electrons. The Labute approximate surface area is 110 Å². The van der Waals surface area contributed by atoms with Crippen LogP contribution in [0, 0.1) is 18.7 Å². The Morgan fingerprint density at radius 2 is 2.11 bits per heavy atom. The molecule has 2 atom stereocenters. The Hall–Kier alpha value is -1.91. The number of carboxylic acid groups (broad SMARTS) is 1. The van der Waals surface area contributed by atoms with Gasteiger partial charge in [0.15, 0.2) is 0 Å². The molecule has 1 amide bonds. The summed E-state index contributed by atoms with van der Waals surface area (Å²) in [6, 6.07) is 4.17. The van der Waals surface area contributed by atoms with Crippen molar-refractivity contribution >= 4 is 11.9 Å². The first-order chi connectivity index (χ1) is 8.97. The molecule has 2 rings (SSSR count). The van der Waals surface area contributed by atoms with Gasteiger partial charge in [0, 0.05) is 6.04 Å². The predicted octanol–water partition coefficient (Wildman–Crippen LogP) is 2.12. The summed E-state index contributed by atoms with van der Waals surface area (Å²) in [7, 11) is 0. The number of carboxylic acids is 1. The fraction of sp³-hybridized carbons (Fsp3) is 0.429. The maximum atomic E-state index is 13.5. The van der Waals surface area contributed by atoms with Gasteiger partial charge in [0.05, 0.1) is 11.5 Å². The molecule has 1 aromatic rings. The number of hydrogen-bond acceptors (Lipinski definition) is 2. The number of halogens is 1. The number of aliphatic carboxylic acids is 1. The minimum atomic E-state index is -0.835. The highest BCUT2D eigenvalue weighted by Crippen LogP contribution is 2.26. The van der Waals surface area contributed by atoms with Crippen molar-refractivity contribution in [3.63, 3.8) is 0 Å². The topological polar surface area (TPSA) is 66.4 Å². The lowest BCUT2D eigenvalue weighted by Gasteiger charge is -2.13. The number of nitrogens with one attached hydrogen (secondary N) is 1. The second-order valence-electron chi connectivity index (χ2n) is 5.00. The maximum absolute atomic E-state index is 13.5. The van der Waals surface area contributed by atoms with Gasteiger partial charge in [-0.1, -0.05) is 11.6 Å². The first kappa shape index (κ1) is 13.5. The van der Waals surface area contributed by atoms with E-state index in [2.05, 4.69) is 5.32 Å². The van der Waals surface area contributed by atoms with Gasteiger partial charge >= 0.3 is 5.97 Å². The Bertz CT molecular complexity index is 515. The zero-order valence-corrected chi connectivity index (χ0v) is 10.6. The molecule has 0 unspecified atom stereocenters. The maximum Gasteiger partial charge on any atom is 0.306 e. The van der Waals surface area contributed by atoms with E-state index >= 15 is 0 Å². The third-order valence-corrected chi connectivity index (χ3v) is 3.48. The van der Waals surface area contributed by atoms with Crippen molar-refractivity contribution in [3.05, 3.63) is 35.1 Å². The van der Waals surface area contributed by atoms with Crippen molar-refractivity contribution in [2.75, 3.05) is 0 Å². The van der Waals surface area contributed by atoms with Crippen molar-refractivity contribution in [1.82, 2.24) is 5.32 Å². The molecule has 1 saturated carbocycles. The van der Waals surface area contributed by atoms with Crippen molar-refractivity contribution in [3.8, 4) is 0 Å². The number of carbonyl (C=O) groups is 2. The van der Waals surface area contributed by atoms with Crippen LogP contribution in [0.3, 0.4) is 0 Å². The first-order valence-electron chi connectivity index (χ1n) is 6.27. The second kappa shape index (κ2) is 5.38. The van der Waals surface area contributed by atoms with Gasteiger partial charge in [-0.3, -0.25) is 9.59 Å². The van der Waals surface area contributed by atoms with E-state index in [0.717, 1.165) is 5.56 Å². The molecule has 1 aliphatic carbocycles. The molecule has 0 saturated heterocycles. The van der Waals surface area contributed by atoms with Crippen molar-refractivity contribution in [2.45, 2.75) is 32.2 Å². The Morgan fingerprint density at radius 3 is 2.74 bits per heavy atom. The van der Waals surface area contributed by atoms with E-state index in [0.29, 0.717) is 19.3 Å². The summed E-state index contributed by atoms with van der Waals surface area (Å²) in [6.07, 6.45) is 1.58. The summed E-state index contributed by atoms with van der Waals surface area (Å²) in [5, 5.41) is 11.6. The summed E-state index contributed by atoms with van der Waals surface area (Å²) < 4.78 is 13.5. The van der Waals surface area contributed by atoms with E-state index in [1.54, 1.807) is 13.0 Å². The molecule has 1 fully saturated rings. The van der Waals surface area contributed by atoms with Crippen LogP contribution in [0.15, 0.2) is 18.2 Å². The molecule has 0 heterocycles. The van der Waals surface area contributed by atoms with Crippen molar-refractivity contribution in [1.29, 1.82) is 0 Å². The molecule has 5 heteroatoms. The fourth-order valence-electron chi connectivity index (χ4n) is 2.41. The Morgan fingerprint density at radius 1 is 1.37 bits per heavy atom. The van der Waals surface area contributed by atoms with Crippen molar-refractivity contribution in [2.24, 2.45) is 5.92 Å². The highest BCUT2D eigenvalue weighted by molar-refractivity contribution is 5.94. The summed E-state index contributed by atoms with van der Waals surface area (Å²) in [5.74, 6) is -2.28. The third kappa shape index (κ3) is 3.10. The highest BCUT2D eigenvalue weighted by Gasteiger charge is 2.31. The zero-order valence-electron chi connectivity index (χ0n) is 10.6.